The predicted octanol–water partition coefficient (Wildman–Crippen LogP) is -0.851. The molecule has 178 valence electrons. The van der Waals surface area contributed by atoms with Crippen molar-refractivity contribution >= 4 is 25.3 Å². The molecule has 2 aromatic rings. The summed E-state index contributed by atoms with van der Waals surface area (Å²) in [5.74, 6) is 1.69. The van der Waals surface area contributed by atoms with Gasteiger partial charge in [0, 0.05) is 38.1 Å². The maximum atomic E-state index is 10.7. The van der Waals surface area contributed by atoms with Gasteiger partial charge >= 0.3 is 7.12 Å². The number of aliphatic hydroxyl groups excluding tert-OH is 2. The molecular weight excluding hydrogens is 422 g/mol. The van der Waals surface area contributed by atoms with Crippen molar-refractivity contribution < 1.29 is 29.4 Å². The number of benzene rings is 2. The number of hydrogen-bond donors (Lipinski definition) is 5. The van der Waals surface area contributed by atoms with Gasteiger partial charge in [-0.2, -0.15) is 0 Å². The van der Waals surface area contributed by atoms with Gasteiger partial charge in [0.15, 0.2) is 7.28 Å². The van der Waals surface area contributed by atoms with Crippen LogP contribution in [0.25, 0.3) is 0 Å². The van der Waals surface area contributed by atoms with Gasteiger partial charge in [0.2, 0.25) is 0 Å². The maximum absolute atomic E-state index is 10.7. The minimum Gasteiger partial charge on any atom is -0.494 e. The monoisotopic (exact) mass is 456 g/mol. The van der Waals surface area contributed by atoms with Crippen LogP contribution in [0.3, 0.4) is 0 Å². The third-order valence-electron chi connectivity index (χ3n) is 5.95. The van der Waals surface area contributed by atoms with Crippen molar-refractivity contribution in [3.8, 4) is 11.5 Å². The Balaban J connectivity index is 1.56. The van der Waals surface area contributed by atoms with Crippen LogP contribution in [0.5, 0.6) is 11.5 Å². The largest absolute Gasteiger partial charge is 0.495 e. The molecule has 0 saturated heterocycles. The second-order valence-corrected chi connectivity index (χ2v) is 8.16. The van der Waals surface area contributed by atoms with Crippen molar-refractivity contribution in [3.63, 3.8) is 0 Å². The van der Waals surface area contributed by atoms with Crippen LogP contribution in [-0.2, 0) is 4.65 Å². The molecule has 0 saturated carbocycles. The molecule has 7 N–H and O–H groups in total. The molecule has 3 rings (SSSR count). The summed E-state index contributed by atoms with van der Waals surface area (Å²) in [5.41, 5.74) is 14.8. The fraction of sp³-hybridized carbons (Fsp3) is 0.478. The second kappa shape index (κ2) is 13.0. The summed E-state index contributed by atoms with van der Waals surface area (Å²) < 4.78 is 17.3. The molecule has 0 radical (unpaired) electrons. The molecule has 1 aliphatic rings. The van der Waals surface area contributed by atoms with E-state index in [2.05, 4.69) is 6.07 Å². The number of fused-ring (bicyclic) bond motifs is 1. The van der Waals surface area contributed by atoms with Crippen molar-refractivity contribution in [1.29, 1.82) is 0 Å². The highest BCUT2D eigenvalue weighted by Crippen LogP contribution is 2.27. The normalized spacial score (nSPS) is 15.6. The number of rotatable bonds is 14. The topological polar surface area (TPSA) is 140 Å². The molecule has 2 unspecified atom stereocenters. The average molecular weight is 456 g/mol. The molecule has 2 atom stereocenters. The average Bonchev–Trinajstić information content (AvgIpc) is 3.27. The number of hydrogen-bond acceptors (Lipinski definition) is 8. The first-order valence-electron chi connectivity index (χ1n) is 11.6. The molecule has 0 spiro atoms. The van der Waals surface area contributed by atoms with E-state index >= 15 is 0 Å². The summed E-state index contributed by atoms with van der Waals surface area (Å²) >= 11 is 0. The first-order valence-corrected chi connectivity index (χ1v) is 11.6. The first kappa shape index (κ1) is 25.6. The fourth-order valence-corrected chi connectivity index (χ4v) is 4.22. The first-order chi connectivity index (χ1) is 16.1. The van der Waals surface area contributed by atoms with E-state index in [9.17, 15) is 10.1 Å². The van der Waals surface area contributed by atoms with Gasteiger partial charge in [0.25, 0.3) is 0 Å². The molecule has 0 aliphatic carbocycles. The van der Waals surface area contributed by atoms with Crippen molar-refractivity contribution in [3.05, 3.63) is 47.5 Å². The van der Waals surface area contributed by atoms with Crippen LogP contribution in [0.1, 0.15) is 36.0 Å². The van der Waals surface area contributed by atoms with Gasteiger partial charge in [-0.3, -0.25) is 0 Å². The van der Waals surface area contributed by atoms with Gasteiger partial charge in [-0.15, -0.1) is 0 Å². The van der Waals surface area contributed by atoms with E-state index < -0.39 is 13.2 Å². The Bertz CT molecular complexity index is 888. The van der Waals surface area contributed by atoms with E-state index in [-0.39, 0.29) is 26.4 Å². The van der Waals surface area contributed by atoms with Gasteiger partial charge < -0.3 is 40.8 Å². The molecule has 1 aliphatic heterocycles. The standard InChI is InChI=1S/C23H34B2N2O6/c26-14-16-13-24-22-17(16)5-1-7-20(22)31-11-4-12-33-25(30)23-18(19(29)15-27)6-2-8-21(23)32-10-3-9-28/h1-2,5-8,16,19,24,28-30H,3-4,9-15,26-27H2. The molecule has 8 nitrogen and oxygen atoms in total. The van der Waals surface area contributed by atoms with E-state index in [0.717, 1.165) is 19.3 Å². The lowest BCUT2D eigenvalue weighted by Gasteiger charge is -2.20. The van der Waals surface area contributed by atoms with E-state index in [1.54, 1.807) is 18.2 Å². The number of ether oxygens (including phenoxy) is 2. The van der Waals surface area contributed by atoms with Crippen molar-refractivity contribution in [1.82, 2.24) is 0 Å². The fourth-order valence-electron chi connectivity index (χ4n) is 4.22. The Morgan fingerprint density at radius 1 is 1.03 bits per heavy atom. The SMILES string of the molecule is NCC(O)c1cccc(OCCCO)c1B(O)OCCCOc1cccc2c1BCC2CN. The van der Waals surface area contributed by atoms with Crippen molar-refractivity contribution in [2.75, 3.05) is 39.5 Å². The smallest absolute Gasteiger partial charge is 0.494 e. The molecule has 0 amide bonds. The highest BCUT2D eigenvalue weighted by Gasteiger charge is 2.28. The van der Waals surface area contributed by atoms with Gasteiger partial charge in [-0.1, -0.05) is 30.6 Å². The molecular formula is C23H34B2N2O6. The van der Waals surface area contributed by atoms with E-state index in [1.807, 2.05) is 12.1 Å². The van der Waals surface area contributed by atoms with Crippen LogP contribution < -0.4 is 31.9 Å². The van der Waals surface area contributed by atoms with Gasteiger partial charge in [0.05, 0.1) is 19.3 Å². The highest BCUT2D eigenvalue weighted by atomic mass is 16.5. The van der Waals surface area contributed by atoms with Gasteiger partial charge in [-0.25, -0.2) is 0 Å². The van der Waals surface area contributed by atoms with Crippen molar-refractivity contribution in [2.24, 2.45) is 11.5 Å². The molecule has 1 heterocycles. The zero-order chi connectivity index (χ0) is 23.6. The highest BCUT2D eigenvalue weighted by molar-refractivity contribution is 6.61. The zero-order valence-corrected chi connectivity index (χ0v) is 19.0. The zero-order valence-electron chi connectivity index (χ0n) is 19.0. The Kier molecular flexibility index (Phi) is 10.1. The lowest BCUT2D eigenvalue weighted by Crippen LogP contribution is -2.39. The summed E-state index contributed by atoms with van der Waals surface area (Å²) in [4.78, 5) is 0. The van der Waals surface area contributed by atoms with Crippen LogP contribution in [0.4, 0.5) is 0 Å². The van der Waals surface area contributed by atoms with Crippen LogP contribution in [0.2, 0.25) is 6.32 Å². The summed E-state index contributed by atoms with van der Waals surface area (Å²) in [6, 6.07) is 11.2. The lowest BCUT2D eigenvalue weighted by molar-refractivity contribution is 0.185. The summed E-state index contributed by atoms with van der Waals surface area (Å²) in [5, 5.41) is 30.0. The summed E-state index contributed by atoms with van der Waals surface area (Å²) in [7, 11) is -0.320. The Morgan fingerprint density at radius 2 is 1.76 bits per heavy atom. The van der Waals surface area contributed by atoms with Crippen molar-refractivity contribution in [2.45, 2.75) is 31.2 Å². The van der Waals surface area contributed by atoms with E-state index in [1.165, 1.54) is 11.0 Å². The van der Waals surface area contributed by atoms with Gasteiger partial charge in [-0.05, 0) is 41.2 Å². The Labute approximate surface area is 196 Å². The van der Waals surface area contributed by atoms with E-state index in [0.29, 0.717) is 48.7 Å². The molecule has 0 aromatic heterocycles. The van der Waals surface area contributed by atoms with Crippen LogP contribution in [-0.4, -0.2) is 69.2 Å². The number of aliphatic hydroxyl groups is 2. The molecule has 0 bridgehead atoms. The number of nitrogens with two attached hydrogens (primary N) is 2. The van der Waals surface area contributed by atoms with Crippen LogP contribution in [0, 0.1) is 0 Å². The quantitative estimate of drug-likeness (QED) is 0.183. The minimum atomic E-state index is -1.29. The Hall–Kier alpha value is -2.07. The molecule has 0 fully saturated rings. The predicted molar refractivity (Wildman–Crippen MR) is 131 cm³/mol. The third-order valence-corrected chi connectivity index (χ3v) is 5.95. The molecule has 33 heavy (non-hydrogen) atoms. The summed E-state index contributed by atoms with van der Waals surface area (Å²) in [6.07, 6.45) is 1.12. The van der Waals surface area contributed by atoms with E-state index in [4.69, 9.17) is 30.7 Å². The summed E-state index contributed by atoms with van der Waals surface area (Å²) in [6.45, 7) is 1.62. The second-order valence-electron chi connectivity index (χ2n) is 8.16. The lowest BCUT2D eigenvalue weighted by atomic mass is 9.71. The Morgan fingerprint density at radius 3 is 2.52 bits per heavy atom. The molecule has 2 aromatic carbocycles. The van der Waals surface area contributed by atoms with Crippen LogP contribution in [0.15, 0.2) is 36.4 Å². The molecule has 10 heteroatoms. The maximum Gasteiger partial charge on any atom is 0.495 e. The van der Waals surface area contributed by atoms with Crippen LogP contribution >= 0.6 is 0 Å². The minimum absolute atomic E-state index is 0.0000634. The van der Waals surface area contributed by atoms with Gasteiger partial charge in [0.1, 0.15) is 11.5 Å². The third kappa shape index (κ3) is 6.50.